The monoisotopic (exact) mass is 419 g/mol. The number of carbonyl (C=O) groups is 2. The Morgan fingerprint density at radius 1 is 1.07 bits per heavy atom. The quantitative estimate of drug-likeness (QED) is 0.504. The van der Waals surface area contributed by atoms with E-state index in [1.165, 1.54) is 17.4 Å². The van der Waals surface area contributed by atoms with Crippen molar-refractivity contribution in [2.45, 2.75) is 6.92 Å². The van der Waals surface area contributed by atoms with Gasteiger partial charge in [0.25, 0.3) is 5.91 Å². The molecule has 0 saturated carbocycles. The van der Waals surface area contributed by atoms with E-state index in [0.717, 1.165) is 5.56 Å². The third-order valence-electron chi connectivity index (χ3n) is 3.76. The Bertz CT molecular complexity index is 986. The zero-order chi connectivity index (χ0) is 19.4. The van der Waals surface area contributed by atoms with Gasteiger partial charge in [-0.25, -0.2) is 4.79 Å². The third-order valence-corrected chi connectivity index (χ3v) is 5.40. The molecule has 0 aliphatic carbocycles. The van der Waals surface area contributed by atoms with Gasteiger partial charge in [-0.3, -0.25) is 4.79 Å². The molecule has 0 saturated heterocycles. The molecule has 138 valence electrons. The van der Waals surface area contributed by atoms with Gasteiger partial charge >= 0.3 is 5.97 Å². The van der Waals surface area contributed by atoms with E-state index in [1.54, 1.807) is 19.1 Å². The summed E-state index contributed by atoms with van der Waals surface area (Å²) in [5.41, 5.74) is 2.26. The minimum absolute atomic E-state index is 0.239. The lowest BCUT2D eigenvalue weighted by atomic mass is 10.0. The van der Waals surface area contributed by atoms with Crippen LogP contribution in [0.25, 0.3) is 11.1 Å². The molecule has 4 nitrogen and oxygen atoms in total. The van der Waals surface area contributed by atoms with Gasteiger partial charge in [0.05, 0.1) is 16.7 Å². The van der Waals surface area contributed by atoms with E-state index in [0.29, 0.717) is 26.7 Å². The first kappa shape index (κ1) is 19.4. The molecule has 1 heterocycles. The number of carbonyl (C=O) groups excluding carboxylic acids is 2. The highest BCUT2D eigenvalue weighted by Gasteiger charge is 2.23. The lowest BCUT2D eigenvalue weighted by Gasteiger charge is -2.09. The molecule has 1 aromatic heterocycles. The molecule has 2 aromatic carbocycles. The highest BCUT2D eigenvalue weighted by molar-refractivity contribution is 7.15. The summed E-state index contributed by atoms with van der Waals surface area (Å²) >= 11 is 13.1. The smallest absolute Gasteiger partial charge is 0.341 e. The van der Waals surface area contributed by atoms with Gasteiger partial charge in [-0.05, 0) is 30.7 Å². The van der Waals surface area contributed by atoms with Gasteiger partial charge in [0.2, 0.25) is 0 Å². The van der Waals surface area contributed by atoms with Crippen molar-refractivity contribution in [3.63, 3.8) is 0 Å². The average molecular weight is 420 g/mol. The molecule has 3 aromatic rings. The maximum absolute atomic E-state index is 12.6. The average Bonchev–Trinajstić information content (AvgIpc) is 3.08. The van der Waals surface area contributed by atoms with Crippen LogP contribution in [0.15, 0.2) is 53.9 Å². The summed E-state index contributed by atoms with van der Waals surface area (Å²) in [4.78, 5) is 25.1. The number of benzene rings is 2. The van der Waals surface area contributed by atoms with Crippen molar-refractivity contribution in [1.82, 2.24) is 0 Å². The first-order chi connectivity index (χ1) is 13.0. The lowest BCUT2D eigenvalue weighted by molar-refractivity contribution is 0.0529. The molecular weight excluding hydrogens is 405 g/mol. The number of hydrogen-bond donors (Lipinski definition) is 1. The van der Waals surface area contributed by atoms with E-state index in [-0.39, 0.29) is 17.5 Å². The fourth-order valence-corrected chi connectivity index (χ4v) is 3.75. The highest BCUT2D eigenvalue weighted by atomic mass is 35.5. The topological polar surface area (TPSA) is 55.4 Å². The van der Waals surface area contributed by atoms with Crippen molar-refractivity contribution in [3.8, 4) is 11.1 Å². The van der Waals surface area contributed by atoms with E-state index < -0.39 is 5.97 Å². The van der Waals surface area contributed by atoms with Crippen LogP contribution >= 0.6 is 34.5 Å². The van der Waals surface area contributed by atoms with Crippen molar-refractivity contribution in [3.05, 3.63) is 75.1 Å². The van der Waals surface area contributed by atoms with Crippen LogP contribution in [0.5, 0.6) is 0 Å². The van der Waals surface area contributed by atoms with E-state index >= 15 is 0 Å². The minimum atomic E-state index is -0.484. The van der Waals surface area contributed by atoms with Crippen LogP contribution in [0.2, 0.25) is 10.0 Å². The van der Waals surface area contributed by atoms with Gasteiger partial charge in [0.1, 0.15) is 10.6 Å². The SMILES string of the molecule is CCOC(=O)c1c(-c2ccccc2)csc1NC(=O)c1ccc(Cl)c(Cl)c1. The Kier molecular flexibility index (Phi) is 6.16. The zero-order valence-electron chi connectivity index (χ0n) is 14.3. The van der Waals surface area contributed by atoms with Gasteiger partial charge in [-0.15, -0.1) is 11.3 Å². The predicted molar refractivity (Wildman–Crippen MR) is 110 cm³/mol. The summed E-state index contributed by atoms with van der Waals surface area (Å²) in [7, 11) is 0. The summed E-state index contributed by atoms with van der Waals surface area (Å²) in [5.74, 6) is -0.873. The number of rotatable bonds is 5. The Morgan fingerprint density at radius 2 is 1.81 bits per heavy atom. The summed E-state index contributed by atoms with van der Waals surface area (Å²) in [6, 6.07) is 14.1. The fraction of sp³-hybridized carbons (Fsp3) is 0.100. The first-order valence-electron chi connectivity index (χ1n) is 8.11. The van der Waals surface area contributed by atoms with E-state index in [2.05, 4.69) is 5.32 Å². The number of thiophene rings is 1. The summed E-state index contributed by atoms with van der Waals surface area (Å²) in [5, 5.41) is 5.67. The first-order valence-corrected chi connectivity index (χ1v) is 9.75. The Balaban J connectivity index is 1.97. The van der Waals surface area contributed by atoms with Crippen LogP contribution in [0.4, 0.5) is 5.00 Å². The molecule has 0 spiro atoms. The molecule has 3 rings (SSSR count). The lowest BCUT2D eigenvalue weighted by Crippen LogP contribution is -2.14. The van der Waals surface area contributed by atoms with E-state index in [4.69, 9.17) is 27.9 Å². The molecule has 0 aliphatic heterocycles. The van der Waals surface area contributed by atoms with Crippen molar-refractivity contribution in [2.24, 2.45) is 0 Å². The Hall–Kier alpha value is -2.34. The number of hydrogen-bond acceptors (Lipinski definition) is 4. The molecule has 27 heavy (non-hydrogen) atoms. The zero-order valence-corrected chi connectivity index (χ0v) is 16.6. The molecule has 0 atom stereocenters. The highest BCUT2D eigenvalue weighted by Crippen LogP contribution is 2.36. The molecule has 1 amide bonds. The second kappa shape index (κ2) is 8.57. The summed E-state index contributed by atoms with van der Waals surface area (Å²) in [6.45, 7) is 1.98. The van der Waals surface area contributed by atoms with Crippen LogP contribution in [0.1, 0.15) is 27.6 Å². The minimum Gasteiger partial charge on any atom is -0.462 e. The summed E-state index contributed by atoms with van der Waals surface area (Å²) in [6.07, 6.45) is 0. The standard InChI is InChI=1S/C20H15Cl2NO3S/c1-2-26-20(25)17-14(12-6-4-3-5-7-12)11-27-19(17)23-18(24)13-8-9-15(21)16(22)10-13/h3-11H,2H2,1H3,(H,23,24). The van der Waals surface area contributed by atoms with E-state index in [1.807, 2.05) is 35.7 Å². The second-order valence-corrected chi connectivity index (χ2v) is 7.22. The number of halogens is 2. The Morgan fingerprint density at radius 3 is 2.48 bits per heavy atom. The molecule has 0 unspecified atom stereocenters. The second-order valence-electron chi connectivity index (χ2n) is 5.52. The number of amides is 1. The molecule has 7 heteroatoms. The molecule has 0 aliphatic rings. The molecular formula is C20H15Cl2NO3S. The van der Waals surface area contributed by atoms with E-state index in [9.17, 15) is 9.59 Å². The van der Waals surface area contributed by atoms with Crippen molar-refractivity contribution in [2.75, 3.05) is 11.9 Å². The van der Waals surface area contributed by atoms with Crippen LogP contribution in [0, 0.1) is 0 Å². The van der Waals surface area contributed by atoms with Gasteiger partial charge < -0.3 is 10.1 Å². The Labute approximate surface area is 170 Å². The van der Waals surface area contributed by atoms with Crippen LogP contribution in [-0.4, -0.2) is 18.5 Å². The van der Waals surface area contributed by atoms with Gasteiger partial charge in [-0.2, -0.15) is 0 Å². The number of nitrogens with one attached hydrogen (secondary N) is 1. The third kappa shape index (κ3) is 4.33. The number of esters is 1. The normalized spacial score (nSPS) is 10.5. The van der Waals surface area contributed by atoms with Crippen molar-refractivity contribution < 1.29 is 14.3 Å². The largest absolute Gasteiger partial charge is 0.462 e. The van der Waals surface area contributed by atoms with Gasteiger partial charge in [0.15, 0.2) is 0 Å². The number of ether oxygens (including phenoxy) is 1. The van der Waals surface area contributed by atoms with Crippen LogP contribution < -0.4 is 5.32 Å². The van der Waals surface area contributed by atoms with Crippen molar-refractivity contribution in [1.29, 1.82) is 0 Å². The molecule has 0 radical (unpaired) electrons. The molecule has 1 N–H and O–H groups in total. The van der Waals surface area contributed by atoms with Crippen LogP contribution in [-0.2, 0) is 4.74 Å². The summed E-state index contributed by atoms with van der Waals surface area (Å²) < 4.78 is 5.19. The fourth-order valence-electron chi connectivity index (χ4n) is 2.50. The number of anilines is 1. The van der Waals surface area contributed by atoms with Gasteiger partial charge in [-0.1, -0.05) is 53.5 Å². The van der Waals surface area contributed by atoms with Crippen LogP contribution in [0.3, 0.4) is 0 Å². The van der Waals surface area contributed by atoms with Gasteiger partial charge in [0, 0.05) is 16.5 Å². The van der Waals surface area contributed by atoms with Crippen molar-refractivity contribution >= 4 is 51.4 Å². The molecule has 0 fully saturated rings. The molecule has 0 bridgehead atoms. The maximum atomic E-state index is 12.6. The maximum Gasteiger partial charge on any atom is 0.341 e. The predicted octanol–water partition coefficient (Wildman–Crippen LogP) is 6.15.